The highest BCUT2D eigenvalue weighted by molar-refractivity contribution is 5.76. The Kier molecular flexibility index (Phi) is 5.87. The van der Waals surface area contributed by atoms with E-state index in [0.29, 0.717) is 18.8 Å². The molecule has 1 aliphatic rings. The fourth-order valence-electron chi connectivity index (χ4n) is 2.04. The van der Waals surface area contributed by atoms with Gasteiger partial charge in [-0.05, 0) is 45.2 Å². The molecular formula is C12H21N3O. The number of nitriles is 1. The van der Waals surface area contributed by atoms with Crippen LogP contribution in [0.2, 0.25) is 0 Å². The maximum Gasteiger partial charge on any atom is 0.220 e. The fourth-order valence-corrected chi connectivity index (χ4v) is 2.04. The number of hydrogen-bond acceptors (Lipinski definition) is 3. The topological polar surface area (TPSA) is 64.9 Å². The maximum absolute atomic E-state index is 11.5. The molecule has 1 rings (SSSR count). The van der Waals surface area contributed by atoms with Crippen LogP contribution in [-0.4, -0.2) is 25.0 Å². The van der Waals surface area contributed by atoms with Crippen molar-refractivity contribution in [1.29, 1.82) is 5.26 Å². The van der Waals surface area contributed by atoms with E-state index in [1.807, 2.05) is 6.92 Å². The minimum absolute atomic E-state index is 0.0227. The van der Waals surface area contributed by atoms with E-state index in [1.54, 1.807) is 0 Å². The van der Waals surface area contributed by atoms with E-state index in [9.17, 15) is 4.79 Å². The summed E-state index contributed by atoms with van der Waals surface area (Å²) in [6.45, 7) is 4.03. The normalized spacial score (nSPS) is 18.8. The summed E-state index contributed by atoms with van der Waals surface area (Å²) in [5.41, 5.74) is 0. The molecule has 0 aromatic heterocycles. The van der Waals surface area contributed by atoms with E-state index in [-0.39, 0.29) is 11.9 Å². The lowest BCUT2D eigenvalue weighted by Gasteiger charge is -2.22. The average Bonchev–Trinajstić information content (AvgIpc) is 2.28. The van der Waals surface area contributed by atoms with E-state index in [1.165, 1.54) is 12.8 Å². The maximum atomic E-state index is 11.5. The second-order valence-corrected chi connectivity index (χ2v) is 4.56. The largest absolute Gasteiger partial charge is 0.353 e. The van der Waals surface area contributed by atoms with Crippen LogP contribution >= 0.6 is 0 Å². The zero-order valence-corrected chi connectivity index (χ0v) is 9.96. The Morgan fingerprint density at radius 2 is 2.25 bits per heavy atom. The van der Waals surface area contributed by atoms with Gasteiger partial charge in [0.1, 0.15) is 0 Å². The van der Waals surface area contributed by atoms with Gasteiger partial charge < -0.3 is 10.6 Å². The quantitative estimate of drug-likeness (QED) is 0.735. The molecule has 0 spiro atoms. The Morgan fingerprint density at radius 1 is 1.56 bits per heavy atom. The van der Waals surface area contributed by atoms with Crippen molar-refractivity contribution in [3.05, 3.63) is 0 Å². The number of piperidine rings is 1. The molecule has 0 bridgehead atoms. The van der Waals surface area contributed by atoms with Gasteiger partial charge in [-0.25, -0.2) is 0 Å². The second kappa shape index (κ2) is 7.24. The molecule has 0 aromatic carbocycles. The van der Waals surface area contributed by atoms with Gasteiger partial charge in [0, 0.05) is 12.5 Å². The second-order valence-electron chi connectivity index (χ2n) is 4.56. The number of carbonyl (C=O) groups is 1. The molecule has 0 aromatic rings. The van der Waals surface area contributed by atoms with Gasteiger partial charge in [0.15, 0.2) is 0 Å². The van der Waals surface area contributed by atoms with Gasteiger partial charge in [-0.2, -0.15) is 5.26 Å². The van der Waals surface area contributed by atoms with Crippen molar-refractivity contribution in [2.24, 2.45) is 5.92 Å². The molecule has 16 heavy (non-hydrogen) atoms. The van der Waals surface area contributed by atoms with Crippen LogP contribution in [0.15, 0.2) is 0 Å². The van der Waals surface area contributed by atoms with Crippen molar-refractivity contribution in [3.63, 3.8) is 0 Å². The number of carbonyl (C=O) groups excluding carboxylic acids is 1. The molecular weight excluding hydrogens is 202 g/mol. The summed E-state index contributed by atoms with van der Waals surface area (Å²) in [6.07, 6.45) is 4.33. The highest BCUT2D eigenvalue weighted by atomic mass is 16.1. The zero-order chi connectivity index (χ0) is 11.8. The van der Waals surface area contributed by atoms with Gasteiger partial charge in [0.25, 0.3) is 0 Å². The molecule has 0 saturated carbocycles. The van der Waals surface area contributed by atoms with Crippen molar-refractivity contribution in [2.75, 3.05) is 13.1 Å². The van der Waals surface area contributed by atoms with Crippen molar-refractivity contribution in [3.8, 4) is 6.07 Å². The Morgan fingerprint density at radius 3 is 2.88 bits per heavy atom. The minimum Gasteiger partial charge on any atom is -0.353 e. The third kappa shape index (κ3) is 5.13. The molecule has 0 radical (unpaired) electrons. The Hall–Kier alpha value is -1.08. The molecule has 1 unspecified atom stereocenters. The lowest BCUT2D eigenvalue weighted by atomic mass is 9.93. The zero-order valence-electron chi connectivity index (χ0n) is 9.96. The van der Waals surface area contributed by atoms with E-state index in [0.717, 1.165) is 19.5 Å². The van der Waals surface area contributed by atoms with E-state index >= 15 is 0 Å². The van der Waals surface area contributed by atoms with Crippen molar-refractivity contribution >= 4 is 5.91 Å². The third-order valence-electron chi connectivity index (χ3n) is 3.04. The van der Waals surface area contributed by atoms with Gasteiger partial charge in [-0.3, -0.25) is 4.79 Å². The van der Waals surface area contributed by atoms with E-state index < -0.39 is 0 Å². The highest BCUT2D eigenvalue weighted by Gasteiger charge is 2.15. The highest BCUT2D eigenvalue weighted by Crippen LogP contribution is 2.17. The van der Waals surface area contributed by atoms with Crippen molar-refractivity contribution in [1.82, 2.24) is 10.6 Å². The van der Waals surface area contributed by atoms with Crippen LogP contribution in [0.3, 0.4) is 0 Å². The van der Waals surface area contributed by atoms with Crippen molar-refractivity contribution in [2.45, 2.75) is 45.1 Å². The van der Waals surface area contributed by atoms with E-state index in [2.05, 4.69) is 16.7 Å². The SMILES string of the molecule is CC(CC#N)NC(=O)CCC1CCNCC1. The van der Waals surface area contributed by atoms with Crippen LogP contribution in [0, 0.1) is 17.2 Å². The molecule has 1 heterocycles. The number of amides is 1. The van der Waals surface area contributed by atoms with Crippen LogP contribution in [0.4, 0.5) is 0 Å². The van der Waals surface area contributed by atoms with Crippen molar-refractivity contribution < 1.29 is 4.79 Å². The summed E-state index contributed by atoms with van der Waals surface area (Å²) >= 11 is 0. The summed E-state index contributed by atoms with van der Waals surface area (Å²) in [7, 11) is 0. The first kappa shape index (κ1) is 13.0. The Labute approximate surface area is 97.4 Å². The molecule has 1 atom stereocenters. The van der Waals surface area contributed by atoms with Gasteiger partial charge in [0.05, 0.1) is 12.5 Å². The molecule has 0 aliphatic carbocycles. The summed E-state index contributed by atoms with van der Waals surface area (Å²) in [5.74, 6) is 0.777. The smallest absolute Gasteiger partial charge is 0.220 e. The molecule has 90 valence electrons. The number of hydrogen-bond donors (Lipinski definition) is 2. The van der Waals surface area contributed by atoms with Crippen LogP contribution in [0.1, 0.15) is 39.0 Å². The van der Waals surface area contributed by atoms with Crippen LogP contribution in [0.5, 0.6) is 0 Å². The van der Waals surface area contributed by atoms with Gasteiger partial charge in [0.2, 0.25) is 5.91 Å². The molecule has 1 fully saturated rings. The van der Waals surface area contributed by atoms with Gasteiger partial charge in [-0.15, -0.1) is 0 Å². The molecule has 2 N–H and O–H groups in total. The lowest BCUT2D eigenvalue weighted by Crippen LogP contribution is -2.33. The minimum atomic E-state index is -0.0227. The summed E-state index contributed by atoms with van der Waals surface area (Å²) in [6, 6.07) is 2.03. The van der Waals surface area contributed by atoms with Crippen LogP contribution < -0.4 is 10.6 Å². The molecule has 1 amide bonds. The number of nitrogens with zero attached hydrogens (tertiary/aromatic N) is 1. The first-order valence-corrected chi connectivity index (χ1v) is 6.09. The predicted octanol–water partition coefficient (Wildman–Crippen LogP) is 1.18. The van der Waals surface area contributed by atoms with E-state index in [4.69, 9.17) is 5.26 Å². The predicted molar refractivity (Wildman–Crippen MR) is 62.7 cm³/mol. The average molecular weight is 223 g/mol. The third-order valence-corrected chi connectivity index (χ3v) is 3.04. The lowest BCUT2D eigenvalue weighted by molar-refractivity contribution is -0.122. The molecule has 1 saturated heterocycles. The molecule has 4 heteroatoms. The molecule has 1 aliphatic heterocycles. The number of nitrogens with one attached hydrogen (secondary N) is 2. The summed E-state index contributed by atoms with van der Waals surface area (Å²) < 4.78 is 0. The summed E-state index contributed by atoms with van der Waals surface area (Å²) in [4.78, 5) is 11.5. The Bertz CT molecular complexity index is 253. The first-order valence-electron chi connectivity index (χ1n) is 6.09. The summed E-state index contributed by atoms with van der Waals surface area (Å²) in [5, 5.41) is 14.6. The fraction of sp³-hybridized carbons (Fsp3) is 0.833. The number of rotatable bonds is 5. The molecule has 4 nitrogen and oxygen atoms in total. The van der Waals surface area contributed by atoms with Crippen LogP contribution in [0.25, 0.3) is 0 Å². The first-order chi connectivity index (χ1) is 7.72. The monoisotopic (exact) mass is 223 g/mol. The van der Waals surface area contributed by atoms with Gasteiger partial charge in [-0.1, -0.05) is 0 Å². The van der Waals surface area contributed by atoms with Gasteiger partial charge >= 0.3 is 0 Å². The Balaban J connectivity index is 2.12. The van der Waals surface area contributed by atoms with Crippen LogP contribution in [-0.2, 0) is 4.79 Å². The standard InChI is InChI=1S/C12H21N3O/c1-10(4-7-13)15-12(16)3-2-11-5-8-14-9-6-11/h10-11,14H,2-6,8-9H2,1H3,(H,15,16).